The highest BCUT2D eigenvalue weighted by Crippen LogP contribution is 2.41. The molecule has 158 valence electrons. The second-order valence-corrected chi connectivity index (χ2v) is 6.82. The number of nitrogens with zero attached hydrogens (tertiary/aromatic N) is 1. The molecule has 0 aliphatic carbocycles. The van der Waals surface area contributed by atoms with Crippen LogP contribution >= 0.6 is 0 Å². The number of benzene rings is 2. The third kappa shape index (κ3) is 4.02. The zero-order chi connectivity index (χ0) is 21.7. The Morgan fingerprint density at radius 2 is 1.70 bits per heavy atom. The highest BCUT2D eigenvalue weighted by Gasteiger charge is 2.46. The summed E-state index contributed by atoms with van der Waals surface area (Å²) in [6, 6.07) is 13.2. The summed E-state index contributed by atoms with van der Waals surface area (Å²) in [6.45, 7) is 0.753. The molecule has 1 unspecified atom stereocenters. The molecule has 0 saturated carbocycles. The number of hydrogen-bond acceptors (Lipinski definition) is 6. The average Bonchev–Trinajstić information content (AvgIpc) is 3.03. The maximum absolute atomic E-state index is 12.9. The Balaban J connectivity index is 2.15. The van der Waals surface area contributed by atoms with Gasteiger partial charge in [-0.3, -0.25) is 9.59 Å². The molecule has 30 heavy (non-hydrogen) atoms. The van der Waals surface area contributed by atoms with Crippen LogP contribution < -0.4 is 9.47 Å². The van der Waals surface area contributed by atoms with E-state index < -0.39 is 17.7 Å². The smallest absolute Gasteiger partial charge is 0.295 e. The van der Waals surface area contributed by atoms with Crippen LogP contribution in [0.3, 0.4) is 0 Å². The monoisotopic (exact) mass is 411 g/mol. The number of methoxy groups -OCH3 is 3. The van der Waals surface area contributed by atoms with Crippen molar-refractivity contribution in [1.29, 1.82) is 0 Å². The lowest BCUT2D eigenvalue weighted by atomic mass is 9.95. The van der Waals surface area contributed by atoms with Crippen LogP contribution in [0.5, 0.6) is 11.5 Å². The van der Waals surface area contributed by atoms with E-state index in [0.29, 0.717) is 42.2 Å². The Labute approximate surface area is 175 Å². The zero-order valence-corrected chi connectivity index (χ0v) is 17.3. The molecule has 3 rings (SSSR count). The van der Waals surface area contributed by atoms with Gasteiger partial charge >= 0.3 is 0 Å². The van der Waals surface area contributed by atoms with Crippen LogP contribution in [0.15, 0.2) is 54.1 Å². The first-order valence-electron chi connectivity index (χ1n) is 9.58. The first kappa shape index (κ1) is 21.4. The van der Waals surface area contributed by atoms with Crippen LogP contribution in [0.1, 0.15) is 23.6 Å². The largest absolute Gasteiger partial charge is 0.507 e. The first-order chi connectivity index (χ1) is 14.5. The summed E-state index contributed by atoms with van der Waals surface area (Å²) >= 11 is 0. The predicted octanol–water partition coefficient (Wildman–Crippen LogP) is 3.16. The third-order valence-electron chi connectivity index (χ3n) is 5.06. The second-order valence-electron chi connectivity index (χ2n) is 6.82. The number of amides is 1. The van der Waals surface area contributed by atoms with Crippen molar-refractivity contribution in [2.45, 2.75) is 12.5 Å². The second kappa shape index (κ2) is 9.45. The van der Waals surface area contributed by atoms with E-state index in [1.165, 1.54) is 19.1 Å². The van der Waals surface area contributed by atoms with Gasteiger partial charge in [0.25, 0.3) is 11.7 Å². The number of aliphatic hydroxyl groups excluding tert-OH is 1. The molecule has 1 heterocycles. The molecule has 0 spiro atoms. The van der Waals surface area contributed by atoms with Crippen molar-refractivity contribution in [1.82, 2.24) is 4.90 Å². The number of ketones is 1. The fourth-order valence-corrected chi connectivity index (χ4v) is 3.61. The minimum absolute atomic E-state index is 0.0517. The fraction of sp³-hybridized carbons (Fsp3) is 0.304. The van der Waals surface area contributed by atoms with Crippen LogP contribution in [0, 0.1) is 0 Å². The maximum atomic E-state index is 12.9. The molecular formula is C23H25NO6. The van der Waals surface area contributed by atoms with Crippen LogP contribution in [0.4, 0.5) is 0 Å². The Morgan fingerprint density at radius 3 is 2.33 bits per heavy atom. The lowest BCUT2D eigenvalue weighted by molar-refractivity contribution is -0.140. The Kier molecular flexibility index (Phi) is 6.74. The van der Waals surface area contributed by atoms with Gasteiger partial charge in [0.05, 0.1) is 25.8 Å². The minimum Gasteiger partial charge on any atom is -0.507 e. The van der Waals surface area contributed by atoms with Crippen molar-refractivity contribution in [2.75, 3.05) is 34.5 Å². The lowest BCUT2D eigenvalue weighted by Crippen LogP contribution is -2.31. The number of carbonyl (C=O) groups excluding carboxylic acids is 2. The highest BCUT2D eigenvalue weighted by atomic mass is 16.5. The van der Waals surface area contributed by atoms with Gasteiger partial charge in [-0.15, -0.1) is 0 Å². The van der Waals surface area contributed by atoms with Crippen LogP contribution in [-0.2, 0) is 14.3 Å². The number of hydrogen-bond donors (Lipinski definition) is 1. The summed E-state index contributed by atoms with van der Waals surface area (Å²) in [7, 11) is 4.63. The van der Waals surface area contributed by atoms with E-state index in [0.717, 1.165) is 0 Å². The fourth-order valence-electron chi connectivity index (χ4n) is 3.61. The van der Waals surface area contributed by atoms with Crippen LogP contribution in [-0.4, -0.2) is 56.2 Å². The topological polar surface area (TPSA) is 85.3 Å². The molecule has 2 aromatic rings. The van der Waals surface area contributed by atoms with Gasteiger partial charge in [-0.05, 0) is 24.1 Å². The summed E-state index contributed by atoms with van der Waals surface area (Å²) in [4.78, 5) is 27.2. The van der Waals surface area contributed by atoms with Crippen molar-refractivity contribution in [3.8, 4) is 11.5 Å². The molecule has 1 atom stereocenters. The number of aliphatic hydroxyl groups is 1. The van der Waals surface area contributed by atoms with Crippen molar-refractivity contribution < 1.29 is 28.9 Å². The van der Waals surface area contributed by atoms with Gasteiger partial charge in [0.15, 0.2) is 11.5 Å². The standard InChI is InChI=1S/C23H25NO6/c1-28-13-7-12-24-20(16-10-11-17(29-2)18(14-16)30-3)19(22(26)23(24)27)21(25)15-8-5-4-6-9-15/h4-6,8-11,14,20,25H,7,12-13H2,1-3H3. The van der Waals surface area contributed by atoms with Crippen molar-refractivity contribution in [2.24, 2.45) is 0 Å². The van der Waals surface area contributed by atoms with Gasteiger partial charge in [0.2, 0.25) is 0 Å². The van der Waals surface area contributed by atoms with Crippen molar-refractivity contribution in [3.63, 3.8) is 0 Å². The van der Waals surface area contributed by atoms with Crippen molar-refractivity contribution in [3.05, 3.63) is 65.2 Å². The first-order valence-corrected chi connectivity index (χ1v) is 9.58. The molecule has 1 aliphatic rings. The zero-order valence-electron chi connectivity index (χ0n) is 17.3. The van der Waals surface area contributed by atoms with Crippen LogP contribution in [0.2, 0.25) is 0 Å². The average molecular weight is 411 g/mol. The number of carbonyl (C=O) groups is 2. The van der Waals surface area contributed by atoms with Gasteiger partial charge in [0, 0.05) is 25.8 Å². The normalized spacial score (nSPS) is 18.0. The van der Waals surface area contributed by atoms with Gasteiger partial charge in [-0.1, -0.05) is 36.4 Å². The summed E-state index contributed by atoms with van der Waals surface area (Å²) in [5.41, 5.74) is 1.16. The summed E-state index contributed by atoms with van der Waals surface area (Å²) in [5.74, 6) is -0.572. The number of ether oxygens (including phenoxy) is 3. The Hall–Kier alpha value is -3.32. The molecular weight excluding hydrogens is 386 g/mol. The van der Waals surface area contributed by atoms with Gasteiger partial charge in [0.1, 0.15) is 5.76 Å². The highest BCUT2D eigenvalue weighted by molar-refractivity contribution is 6.46. The number of likely N-dealkylation sites (tertiary alicyclic amines) is 1. The van der Waals surface area contributed by atoms with E-state index in [1.54, 1.807) is 49.6 Å². The third-order valence-corrected chi connectivity index (χ3v) is 5.06. The SMILES string of the molecule is COCCCN1C(=O)C(=O)C(=C(O)c2ccccc2)C1c1ccc(OC)c(OC)c1. The van der Waals surface area contributed by atoms with Gasteiger partial charge in [-0.25, -0.2) is 0 Å². The number of Topliss-reactive ketones (excluding diaryl/α,β-unsaturated/α-hetero) is 1. The quantitative estimate of drug-likeness (QED) is 0.311. The molecule has 1 fully saturated rings. The molecule has 1 amide bonds. The van der Waals surface area contributed by atoms with E-state index in [2.05, 4.69) is 0 Å². The Bertz CT molecular complexity index is 953. The van der Waals surface area contributed by atoms with E-state index in [-0.39, 0.29) is 11.3 Å². The van der Waals surface area contributed by atoms with Gasteiger partial charge < -0.3 is 24.2 Å². The molecule has 2 aromatic carbocycles. The Morgan fingerprint density at radius 1 is 1.00 bits per heavy atom. The molecule has 1 N–H and O–H groups in total. The predicted molar refractivity (Wildman–Crippen MR) is 111 cm³/mol. The molecule has 7 nitrogen and oxygen atoms in total. The molecule has 0 bridgehead atoms. The van der Waals surface area contributed by atoms with Crippen LogP contribution in [0.25, 0.3) is 5.76 Å². The molecule has 1 aliphatic heterocycles. The summed E-state index contributed by atoms with van der Waals surface area (Å²) in [5, 5.41) is 11.0. The minimum atomic E-state index is -0.748. The van der Waals surface area contributed by atoms with E-state index in [4.69, 9.17) is 14.2 Å². The van der Waals surface area contributed by atoms with E-state index in [9.17, 15) is 14.7 Å². The van der Waals surface area contributed by atoms with E-state index in [1.807, 2.05) is 6.07 Å². The van der Waals surface area contributed by atoms with Crippen molar-refractivity contribution >= 4 is 17.4 Å². The molecule has 0 aromatic heterocycles. The summed E-state index contributed by atoms with van der Waals surface area (Å²) in [6.07, 6.45) is 0.554. The lowest BCUT2D eigenvalue weighted by Gasteiger charge is -2.26. The summed E-state index contributed by atoms with van der Waals surface area (Å²) < 4.78 is 15.8. The molecule has 0 radical (unpaired) electrons. The van der Waals surface area contributed by atoms with E-state index >= 15 is 0 Å². The number of rotatable bonds is 8. The van der Waals surface area contributed by atoms with Gasteiger partial charge in [-0.2, -0.15) is 0 Å². The molecule has 7 heteroatoms. The molecule has 1 saturated heterocycles. The maximum Gasteiger partial charge on any atom is 0.295 e.